The first-order chi connectivity index (χ1) is 15.2. The lowest BCUT2D eigenvalue weighted by molar-refractivity contribution is -0.325. The lowest BCUT2D eigenvalue weighted by atomic mass is 9.99. The van der Waals surface area contributed by atoms with Crippen molar-refractivity contribution in [3.8, 4) is 11.6 Å². The van der Waals surface area contributed by atoms with Crippen molar-refractivity contribution >= 4 is 5.91 Å². The van der Waals surface area contributed by atoms with E-state index in [1.165, 1.54) is 10.7 Å². The molecule has 0 fully saturated rings. The first-order valence-corrected chi connectivity index (χ1v) is 9.95. The highest BCUT2D eigenvalue weighted by Crippen LogP contribution is 2.28. The molecule has 0 radical (unpaired) electrons. The number of carbonyl (C=O) groups excluding carboxylic acids is 1. The van der Waals surface area contributed by atoms with Gasteiger partial charge in [0, 0.05) is 18.9 Å². The van der Waals surface area contributed by atoms with Crippen LogP contribution in [0.25, 0.3) is 0 Å². The summed E-state index contributed by atoms with van der Waals surface area (Å²) in [4.78, 5) is 12.6. The monoisotopic (exact) mass is 461 g/mol. The SMILES string of the molecule is O=C(N[C@H]1COc2ccc(CC(F)F)cc2C1)c1cc2n(n1)C[C@@H](CCOC(F)(F)F)O2. The van der Waals surface area contributed by atoms with Crippen molar-refractivity contribution in [3.05, 3.63) is 41.1 Å². The fourth-order valence-electron chi connectivity index (χ4n) is 3.70. The summed E-state index contributed by atoms with van der Waals surface area (Å²) in [6.07, 6.45) is -7.57. The predicted octanol–water partition coefficient (Wildman–Crippen LogP) is 3.11. The van der Waals surface area contributed by atoms with Crippen LogP contribution in [-0.4, -0.2) is 53.8 Å². The van der Waals surface area contributed by atoms with Crippen molar-refractivity contribution in [3.63, 3.8) is 0 Å². The molecule has 2 atom stereocenters. The van der Waals surface area contributed by atoms with E-state index in [1.807, 2.05) is 0 Å². The van der Waals surface area contributed by atoms with Gasteiger partial charge in [0.05, 0.1) is 19.2 Å². The molecule has 7 nitrogen and oxygen atoms in total. The molecule has 0 saturated carbocycles. The Bertz CT molecular complexity index is 955. The molecule has 0 bridgehead atoms. The van der Waals surface area contributed by atoms with Crippen molar-refractivity contribution in [2.45, 2.75) is 50.7 Å². The first-order valence-electron chi connectivity index (χ1n) is 9.95. The van der Waals surface area contributed by atoms with E-state index in [4.69, 9.17) is 9.47 Å². The minimum absolute atomic E-state index is 0.0246. The zero-order chi connectivity index (χ0) is 22.9. The van der Waals surface area contributed by atoms with Gasteiger partial charge in [-0.2, -0.15) is 5.10 Å². The molecule has 32 heavy (non-hydrogen) atoms. The van der Waals surface area contributed by atoms with E-state index in [9.17, 15) is 26.7 Å². The van der Waals surface area contributed by atoms with Gasteiger partial charge in [0.15, 0.2) is 5.69 Å². The van der Waals surface area contributed by atoms with Crippen LogP contribution >= 0.6 is 0 Å². The molecule has 0 aliphatic carbocycles. The minimum Gasteiger partial charge on any atom is -0.491 e. The Labute approximate surface area is 179 Å². The van der Waals surface area contributed by atoms with Crippen LogP contribution in [0.3, 0.4) is 0 Å². The number of hydrogen-bond acceptors (Lipinski definition) is 5. The van der Waals surface area contributed by atoms with Crippen LogP contribution in [0.2, 0.25) is 0 Å². The van der Waals surface area contributed by atoms with E-state index in [0.29, 0.717) is 17.7 Å². The van der Waals surface area contributed by atoms with Crippen molar-refractivity contribution in [1.29, 1.82) is 0 Å². The summed E-state index contributed by atoms with van der Waals surface area (Å²) in [7, 11) is 0. The molecule has 0 saturated heterocycles. The summed E-state index contributed by atoms with van der Waals surface area (Å²) in [5, 5.41) is 6.95. The predicted molar refractivity (Wildman–Crippen MR) is 99.9 cm³/mol. The van der Waals surface area contributed by atoms with E-state index in [0.717, 1.165) is 5.56 Å². The number of alkyl halides is 5. The highest BCUT2D eigenvalue weighted by molar-refractivity contribution is 5.92. The van der Waals surface area contributed by atoms with Crippen molar-refractivity contribution in [2.75, 3.05) is 13.2 Å². The molecule has 2 aliphatic heterocycles. The third-order valence-electron chi connectivity index (χ3n) is 5.10. The molecule has 2 aromatic rings. The van der Waals surface area contributed by atoms with Gasteiger partial charge in [-0.15, -0.1) is 13.2 Å². The van der Waals surface area contributed by atoms with Crippen LogP contribution in [0, 0.1) is 0 Å². The number of carbonyl (C=O) groups is 1. The molecular formula is C20H20F5N3O4. The van der Waals surface area contributed by atoms with Crippen LogP contribution in [0.1, 0.15) is 28.0 Å². The fraction of sp³-hybridized carbons (Fsp3) is 0.500. The van der Waals surface area contributed by atoms with E-state index in [1.54, 1.807) is 18.2 Å². The van der Waals surface area contributed by atoms with Gasteiger partial charge in [-0.3, -0.25) is 9.53 Å². The molecule has 0 spiro atoms. The first kappa shape index (κ1) is 22.3. The summed E-state index contributed by atoms with van der Waals surface area (Å²) < 4.78 is 77.7. The number of aromatic nitrogens is 2. The second-order valence-electron chi connectivity index (χ2n) is 7.60. The van der Waals surface area contributed by atoms with Gasteiger partial charge in [-0.05, 0) is 23.6 Å². The second-order valence-corrected chi connectivity index (χ2v) is 7.60. The highest BCUT2D eigenvalue weighted by atomic mass is 19.4. The molecule has 0 unspecified atom stereocenters. The van der Waals surface area contributed by atoms with E-state index >= 15 is 0 Å². The standard InChI is InChI=1S/C20H20F5N3O4/c21-17(22)6-11-1-2-16-12(5-11)7-13(10-30-16)26-19(29)15-8-18-28(27-15)9-14(32-18)3-4-31-20(23,24)25/h1-2,5,8,13-14,17H,3-4,6-7,9-10H2,(H,26,29)/t13-,14-/m1/s1. The smallest absolute Gasteiger partial charge is 0.491 e. The van der Waals surface area contributed by atoms with Crippen LogP contribution in [0.4, 0.5) is 22.0 Å². The lowest BCUT2D eigenvalue weighted by Crippen LogP contribution is -2.43. The van der Waals surface area contributed by atoms with Gasteiger partial charge in [0.25, 0.3) is 5.91 Å². The molecule has 1 N–H and O–H groups in total. The molecular weight excluding hydrogens is 441 g/mol. The van der Waals surface area contributed by atoms with Crippen molar-refractivity contribution in [1.82, 2.24) is 15.1 Å². The number of hydrogen-bond donors (Lipinski definition) is 1. The number of amides is 1. The van der Waals surface area contributed by atoms with Crippen LogP contribution in [0.5, 0.6) is 11.6 Å². The number of nitrogens with one attached hydrogen (secondary N) is 1. The summed E-state index contributed by atoms with van der Waals surface area (Å²) in [6, 6.07) is 5.94. The number of ether oxygens (including phenoxy) is 3. The van der Waals surface area contributed by atoms with Crippen LogP contribution < -0.4 is 14.8 Å². The normalized spacial score (nSPS) is 19.8. The summed E-state index contributed by atoms with van der Waals surface area (Å²) in [5.41, 5.74) is 1.33. The van der Waals surface area contributed by atoms with Gasteiger partial charge in [-0.25, -0.2) is 13.5 Å². The van der Waals surface area contributed by atoms with Gasteiger partial charge < -0.3 is 14.8 Å². The Morgan fingerprint density at radius 2 is 2.12 bits per heavy atom. The Morgan fingerprint density at radius 3 is 2.84 bits per heavy atom. The van der Waals surface area contributed by atoms with E-state index in [-0.39, 0.29) is 43.6 Å². The number of fused-ring (bicyclic) bond motifs is 2. The number of rotatable bonds is 7. The summed E-state index contributed by atoms with van der Waals surface area (Å²) >= 11 is 0. The average molecular weight is 461 g/mol. The third kappa shape index (κ3) is 5.47. The summed E-state index contributed by atoms with van der Waals surface area (Å²) in [5.74, 6) is 0.422. The molecule has 4 rings (SSSR count). The minimum atomic E-state index is -4.69. The lowest BCUT2D eigenvalue weighted by Gasteiger charge is -2.26. The molecule has 174 valence electrons. The Morgan fingerprint density at radius 1 is 1.31 bits per heavy atom. The molecule has 2 aliphatic rings. The van der Waals surface area contributed by atoms with Gasteiger partial charge in [-0.1, -0.05) is 12.1 Å². The highest BCUT2D eigenvalue weighted by Gasteiger charge is 2.32. The molecule has 1 aromatic carbocycles. The number of halogens is 5. The zero-order valence-electron chi connectivity index (χ0n) is 16.7. The van der Waals surface area contributed by atoms with Gasteiger partial charge in [0.1, 0.15) is 18.5 Å². The summed E-state index contributed by atoms with van der Waals surface area (Å²) in [6.45, 7) is -0.108. The maximum absolute atomic E-state index is 12.6. The van der Waals surface area contributed by atoms with Crippen molar-refractivity contribution < 1.29 is 41.0 Å². The van der Waals surface area contributed by atoms with E-state index in [2.05, 4.69) is 15.2 Å². The molecule has 1 amide bonds. The average Bonchev–Trinajstić information content (AvgIpc) is 3.25. The van der Waals surface area contributed by atoms with Crippen molar-refractivity contribution in [2.24, 2.45) is 0 Å². The Kier molecular flexibility index (Phi) is 6.22. The Balaban J connectivity index is 1.30. The topological polar surface area (TPSA) is 74.6 Å². The number of nitrogens with zero attached hydrogens (tertiary/aromatic N) is 2. The van der Waals surface area contributed by atoms with E-state index < -0.39 is 31.4 Å². The Hall–Kier alpha value is -2.89. The van der Waals surface area contributed by atoms with Gasteiger partial charge >= 0.3 is 6.36 Å². The number of benzene rings is 1. The third-order valence-corrected chi connectivity index (χ3v) is 5.10. The van der Waals surface area contributed by atoms with Gasteiger partial charge in [0.2, 0.25) is 12.3 Å². The maximum atomic E-state index is 12.6. The van der Waals surface area contributed by atoms with Crippen LogP contribution in [0.15, 0.2) is 24.3 Å². The molecule has 3 heterocycles. The molecule has 12 heteroatoms. The fourth-order valence-corrected chi connectivity index (χ4v) is 3.70. The second kappa shape index (κ2) is 8.93. The zero-order valence-corrected chi connectivity index (χ0v) is 16.7. The molecule has 1 aromatic heterocycles. The largest absolute Gasteiger partial charge is 0.522 e. The maximum Gasteiger partial charge on any atom is 0.522 e. The quantitative estimate of drug-likeness (QED) is 0.642. The van der Waals surface area contributed by atoms with Crippen LogP contribution in [-0.2, 0) is 24.1 Å².